The largest absolute Gasteiger partial charge is 0.497 e. The molecule has 2 rings (SSSR count). The lowest BCUT2D eigenvalue weighted by atomic mass is 9.96. The van der Waals surface area contributed by atoms with E-state index < -0.39 is 0 Å². The number of amides is 2. The van der Waals surface area contributed by atoms with E-state index in [1.54, 1.807) is 12.0 Å². The molecule has 7 heteroatoms. The minimum atomic E-state index is -0.135. The van der Waals surface area contributed by atoms with Gasteiger partial charge < -0.3 is 20.7 Å². The van der Waals surface area contributed by atoms with E-state index in [0.29, 0.717) is 32.6 Å². The standard InChI is InChI=1S/C17H25N3O3.ClH/c1-23-15-6-2-4-13(10-15)11-16(21)20-9-3-5-14(12-20)17(22)19-8-7-18;/h2,4,6,10,14H,3,5,7-9,11-12,18H2,1H3,(H,19,22);1H. The number of carbonyl (C=O) groups excluding carboxylic acids is 2. The molecule has 1 aromatic carbocycles. The molecule has 0 aliphatic carbocycles. The third-order valence-electron chi connectivity index (χ3n) is 4.08. The Balaban J connectivity index is 0.00000288. The highest BCUT2D eigenvalue weighted by Gasteiger charge is 2.28. The topological polar surface area (TPSA) is 84.7 Å². The summed E-state index contributed by atoms with van der Waals surface area (Å²) in [6.07, 6.45) is 2.00. The number of carbonyl (C=O) groups is 2. The van der Waals surface area contributed by atoms with Gasteiger partial charge in [0.2, 0.25) is 11.8 Å². The van der Waals surface area contributed by atoms with E-state index in [0.717, 1.165) is 24.2 Å². The van der Waals surface area contributed by atoms with E-state index in [1.807, 2.05) is 24.3 Å². The summed E-state index contributed by atoms with van der Waals surface area (Å²) in [4.78, 5) is 26.3. The number of halogens is 1. The fourth-order valence-corrected chi connectivity index (χ4v) is 2.83. The van der Waals surface area contributed by atoms with Crippen molar-refractivity contribution in [2.45, 2.75) is 19.3 Å². The van der Waals surface area contributed by atoms with Crippen molar-refractivity contribution in [2.75, 3.05) is 33.3 Å². The average Bonchev–Trinajstić information content (AvgIpc) is 2.59. The molecule has 2 amide bonds. The number of nitrogens with one attached hydrogen (secondary N) is 1. The summed E-state index contributed by atoms with van der Waals surface area (Å²) in [5, 5.41) is 2.81. The molecular weight excluding hydrogens is 330 g/mol. The maximum absolute atomic E-state index is 12.5. The summed E-state index contributed by atoms with van der Waals surface area (Å²) in [5.74, 6) is 0.654. The molecule has 0 saturated carbocycles. The second kappa shape index (κ2) is 10.2. The van der Waals surface area contributed by atoms with Crippen LogP contribution in [-0.4, -0.2) is 50.0 Å². The molecule has 1 aliphatic heterocycles. The number of piperidine rings is 1. The van der Waals surface area contributed by atoms with Crippen LogP contribution in [0.5, 0.6) is 5.75 Å². The highest BCUT2D eigenvalue weighted by molar-refractivity contribution is 5.85. The summed E-state index contributed by atoms with van der Waals surface area (Å²) < 4.78 is 5.18. The van der Waals surface area contributed by atoms with Crippen LogP contribution >= 0.6 is 12.4 Å². The molecule has 1 aliphatic rings. The lowest BCUT2D eigenvalue weighted by Crippen LogP contribution is -2.46. The van der Waals surface area contributed by atoms with Gasteiger partial charge in [0.25, 0.3) is 0 Å². The monoisotopic (exact) mass is 355 g/mol. The van der Waals surface area contributed by atoms with Crippen molar-refractivity contribution < 1.29 is 14.3 Å². The van der Waals surface area contributed by atoms with Crippen LogP contribution in [-0.2, 0) is 16.0 Å². The Kier molecular flexibility index (Phi) is 8.57. The molecule has 1 unspecified atom stereocenters. The Morgan fingerprint density at radius 2 is 2.21 bits per heavy atom. The fourth-order valence-electron chi connectivity index (χ4n) is 2.83. The van der Waals surface area contributed by atoms with Gasteiger partial charge in [0.15, 0.2) is 0 Å². The first kappa shape index (κ1) is 20.3. The molecule has 3 N–H and O–H groups in total. The van der Waals surface area contributed by atoms with Crippen LogP contribution in [0.4, 0.5) is 0 Å². The van der Waals surface area contributed by atoms with Crippen molar-refractivity contribution in [2.24, 2.45) is 11.7 Å². The first-order chi connectivity index (χ1) is 11.1. The predicted octanol–water partition coefficient (Wildman–Crippen LogP) is 0.973. The molecule has 0 bridgehead atoms. The quantitative estimate of drug-likeness (QED) is 0.796. The van der Waals surface area contributed by atoms with E-state index >= 15 is 0 Å². The van der Waals surface area contributed by atoms with Crippen LogP contribution in [0.2, 0.25) is 0 Å². The third-order valence-corrected chi connectivity index (χ3v) is 4.08. The van der Waals surface area contributed by atoms with Gasteiger partial charge >= 0.3 is 0 Å². The number of hydrogen-bond acceptors (Lipinski definition) is 4. The molecule has 24 heavy (non-hydrogen) atoms. The van der Waals surface area contributed by atoms with Gasteiger partial charge in [-0.25, -0.2) is 0 Å². The van der Waals surface area contributed by atoms with E-state index in [-0.39, 0.29) is 30.1 Å². The zero-order valence-electron chi connectivity index (χ0n) is 14.0. The number of methoxy groups -OCH3 is 1. The van der Waals surface area contributed by atoms with Gasteiger partial charge in [-0.2, -0.15) is 0 Å². The van der Waals surface area contributed by atoms with Gasteiger partial charge in [-0.1, -0.05) is 12.1 Å². The van der Waals surface area contributed by atoms with Crippen LogP contribution < -0.4 is 15.8 Å². The van der Waals surface area contributed by atoms with Crippen molar-refractivity contribution in [1.82, 2.24) is 10.2 Å². The molecule has 1 aromatic rings. The number of hydrogen-bond donors (Lipinski definition) is 2. The van der Waals surface area contributed by atoms with Gasteiger partial charge in [-0.05, 0) is 30.5 Å². The minimum Gasteiger partial charge on any atom is -0.497 e. The summed E-state index contributed by atoms with van der Waals surface area (Å²) in [5.41, 5.74) is 6.32. The Labute approximate surface area is 149 Å². The van der Waals surface area contributed by atoms with Crippen molar-refractivity contribution in [3.8, 4) is 5.75 Å². The number of ether oxygens (including phenoxy) is 1. The van der Waals surface area contributed by atoms with Crippen molar-refractivity contribution in [1.29, 1.82) is 0 Å². The summed E-state index contributed by atoms with van der Waals surface area (Å²) in [7, 11) is 1.61. The number of likely N-dealkylation sites (tertiary alicyclic amines) is 1. The molecular formula is C17H26ClN3O3. The van der Waals surface area contributed by atoms with Gasteiger partial charge in [0.1, 0.15) is 5.75 Å². The lowest BCUT2D eigenvalue weighted by molar-refractivity contribution is -0.135. The van der Waals surface area contributed by atoms with Gasteiger partial charge in [-0.15, -0.1) is 12.4 Å². The second-order valence-corrected chi connectivity index (χ2v) is 5.79. The molecule has 0 aromatic heterocycles. The zero-order chi connectivity index (χ0) is 16.7. The average molecular weight is 356 g/mol. The molecule has 1 atom stereocenters. The molecule has 134 valence electrons. The molecule has 0 radical (unpaired) electrons. The summed E-state index contributed by atoms with van der Waals surface area (Å²) in [6, 6.07) is 7.51. The SMILES string of the molecule is COc1cccc(CC(=O)N2CCCC(C(=O)NCCN)C2)c1.Cl. The molecule has 1 fully saturated rings. The zero-order valence-corrected chi connectivity index (χ0v) is 14.8. The van der Waals surface area contributed by atoms with Gasteiger partial charge in [0, 0.05) is 26.2 Å². The molecule has 0 spiro atoms. The maximum atomic E-state index is 12.5. The Morgan fingerprint density at radius 1 is 1.42 bits per heavy atom. The number of benzene rings is 1. The smallest absolute Gasteiger partial charge is 0.227 e. The molecule has 1 saturated heterocycles. The van der Waals surface area contributed by atoms with Crippen molar-refractivity contribution in [3.05, 3.63) is 29.8 Å². The first-order valence-corrected chi connectivity index (χ1v) is 8.02. The highest BCUT2D eigenvalue weighted by atomic mass is 35.5. The van der Waals surface area contributed by atoms with Crippen LogP contribution in [0.3, 0.4) is 0 Å². The van der Waals surface area contributed by atoms with E-state index in [9.17, 15) is 9.59 Å². The summed E-state index contributed by atoms with van der Waals surface area (Å²) in [6.45, 7) is 2.10. The fraction of sp³-hybridized carbons (Fsp3) is 0.529. The third kappa shape index (κ3) is 5.69. The van der Waals surface area contributed by atoms with Gasteiger partial charge in [-0.3, -0.25) is 9.59 Å². The van der Waals surface area contributed by atoms with Gasteiger partial charge in [0.05, 0.1) is 19.4 Å². The van der Waals surface area contributed by atoms with Crippen LogP contribution in [0, 0.1) is 5.92 Å². The number of rotatable bonds is 6. The maximum Gasteiger partial charge on any atom is 0.227 e. The normalized spacial score (nSPS) is 16.9. The molecule has 1 heterocycles. The van der Waals surface area contributed by atoms with E-state index in [2.05, 4.69) is 5.32 Å². The van der Waals surface area contributed by atoms with E-state index in [4.69, 9.17) is 10.5 Å². The van der Waals surface area contributed by atoms with Crippen molar-refractivity contribution >= 4 is 24.2 Å². The van der Waals surface area contributed by atoms with Crippen LogP contribution in [0.25, 0.3) is 0 Å². The van der Waals surface area contributed by atoms with Crippen molar-refractivity contribution in [3.63, 3.8) is 0 Å². The molecule has 6 nitrogen and oxygen atoms in total. The van der Waals surface area contributed by atoms with E-state index in [1.165, 1.54) is 0 Å². The highest BCUT2D eigenvalue weighted by Crippen LogP contribution is 2.19. The lowest BCUT2D eigenvalue weighted by Gasteiger charge is -2.32. The van der Waals surface area contributed by atoms with Crippen LogP contribution in [0.1, 0.15) is 18.4 Å². The Bertz CT molecular complexity index is 554. The number of nitrogens with two attached hydrogens (primary N) is 1. The van der Waals surface area contributed by atoms with Crippen LogP contribution in [0.15, 0.2) is 24.3 Å². The Hall–Kier alpha value is -1.79. The minimum absolute atomic E-state index is 0. The summed E-state index contributed by atoms with van der Waals surface area (Å²) >= 11 is 0. The first-order valence-electron chi connectivity index (χ1n) is 8.02. The Morgan fingerprint density at radius 3 is 2.92 bits per heavy atom. The predicted molar refractivity (Wildman–Crippen MR) is 95.3 cm³/mol. The second-order valence-electron chi connectivity index (χ2n) is 5.79. The number of nitrogens with zero attached hydrogens (tertiary/aromatic N) is 1.